The molecular formula is C28H35ClN6O3SSi. The van der Waals surface area contributed by atoms with Gasteiger partial charge in [0, 0.05) is 50.1 Å². The monoisotopic (exact) mass is 598 g/mol. The van der Waals surface area contributed by atoms with Crippen LogP contribution in [0.3, 0.4) is 0 Å². The minimum atomic E-state index is -1.22. The van der Waals surface area contributed by atoms with E-state index in [0.717, 1.165) is 75.1 Å². The number of piperidine rings is 1. The van der Waals surface area contributed by atoms with Gasteiger partial charge >= 0.3 is 6.09 Å². The Bertz CT molecular complexity index is 1570. The van der Waals surface area contributed by atoms with Crippen LogP contribution < -0.4 is 10.2 Å². The summed E-state index contributed by atoms with van der Waals surface area (Å²) in [5.74, 6) is 0.835. The summed E-state index contributed by atoms with van der Waals surface area (Å²) in [6, 6.07) is 5.58. The van der Waals surface area contributed by atoms with E-state index in [1.165, 1.54) is 0 Å². The topological polar surface area (TPSA) is 105 Å². The van der Waals surface area contributed by atoms with Gasteiger partial charge in [0.25, 0.3) is 0 Å². The third-order valence-electron chi connectivity index (χ3n) is 8.00. The maximum Gasteiger partial charge on any atom is 0.404 e. The molecule has 40 heavy (non-hydrogen) atoms. The van der Waals surface area contributed by atoms with Crippen molar-refractivity contribution < 1.29 is 14.6 Å². The van der Waals surface area contributed by atoms with Crippen molar-refractivity contribution in [3.63, 3.8) is 0 Å². The molecule has 1 aromatic carbocycles. The Balaban J connectivity index is 1.37. The van der Waals surface area contributed by atoms with E-state index in [4.69, 9.17) is 26.3 Å². The van der Waals surface area contributed by atoms with Crippen LogP contribution in [-0.2, 0) is 11.5 Å². The predicted molar refractivity (Wildman–Crippen MR) is 163 cm³/mol. The van der Waals surface area contributed by atoms with Gasteiger partial charge < -0.3 is 24.6 Å². The number of carbonyl (C=O) groups is 1. The van der Waals surface area contributed by atoms with Crippen LogP contribution in [0.2, 0.25) is 30.7 Å². The fourth-order valence-corrected chi connectivity index (χ4v) is 8.11. The molecule has 2 atom stereocenters. The number of thiazole rings is 1. The smallest absolute Gasteiger partial charge is 0.404 e. The highest BCUT2D eigenvalue weighted by Gasteiger charge is 2.42. The lowest BCUT2D eigenvalue weighted by molar-refractivity contribution is 0.0899. The van der Waals surface area contributed by atoms with Gasteiger partial charge in [-0.1, -0.05) is 37.3 Å². The number of aryl methyl sites for hydroxylation is 1. The largest absolute Gasteiger partial charge is 0.465 e. The Morgan fingerprint density at radius 1 is 1.20 bits per heavy atom. The van der Waals surface area contributed by atoms with E-state index in [1.807, 2.05) is 29.8 Å². The van der Waals surface area contributed by atoms with Gasteiger partial charge in [-0.3, -0.25) is 0 Å². The summed E-state index contributed by atoms with van der Waals surface area (Å²) in [6.45, 7) is 10.1. The summed E-state index contributed by atoms with van der Waals surface area (Å²) < 4.78 is 9.18. The molecule has 4 aromatic rings. The number of anilines is 1. The number of nitrogens with zero attached hydrogens (tertiary/aromatic N) is 5. The van der Waals surface area contributed by atoms with Crippen LogP contribution in [0.25, 0.3) is 32.5 Å². The molecule has 212 valence electrons. The van der Waals surface area contributed by atoms with Gasteiger partial charge in [0.05, 0.1) is 26.4 Å². The maximum absolute atomic E-state index is 11.2. The zero-order valence-corrected chi connectivity index (χ0v) is 25.8. The second kappa shape index (κ2) is 10.6. The van der Waals surface area contributed by atoms with Crippen molar-refractivity contribution in [1.82, 2.24) is 24.8 Å². The van der Waals surface area contributed by atoms with E-state index in [-0.39, 0.29) is 18.1 Å². The lowest BCUT2D eigenvalue weighted by Gasteiger charge is -2.39. The Morgan fingerprint density at radius 3 is 2.65 bits per heavy atom. The van der Waals surface area contributed by atoms with Gasteiger partial charge in [0.1, 0.15) is 18.1 Å². The number of hydrogen-bond acceptors (Lipinski definition) is 7. The summed E-state index contributed by atoms with van der Waals surface area (Å²) >= 11 is 8.55. The Labute approximate surface area is 243 Å². The van der Waals surface area contributed by atoms with Crippen LogP contribution in [0.4, 0.5) is 10.6 Å². The minimum Gasteiger partial charge on any atom is -0.465 e. The molecule has 2 unspecified atom stereocenters. The van der Waals surface area contributed by atoms with Gasteiger partial charge in [0.15, 0.2) is 5.65 Å². The summed E-state index contributed by atoms with van der Waals surface area (Å²) in [4.78, 5) is 28.3. The molecule has 2 aliphatic rings. The first-order chi connectivity index (χ1) is 19.1. The first-order valence-electron chi connectivity index (χ1n) is 13.8. The quantitative estimate of drug-likeness (QED) is 0.171. The zero-order chi connectivity index (χ0) is 28.2. The highest BCUT2D eigenvalue weighted by Crippen LogP contribution is 2.42. The van der Waals surface area contributed by atoms with Crippen LogP contribution in [0.5, 0.6) is 0 Å². The van der Waals surface area contributed by atoms with Crippen molar-refractivity contribution in [3.8, 4) is 11.1 Å². The average Bonchev–Trinajstić information content (AvgIpc) is 3.52. The van der Waals surface area contributed by atoms with Crippen molar-refractivity contribution in [1.29, 1.82) is 0 Å². The number of nitrogens with one attached hydrogen (secondary N) is 1. The molecule has 0 spiro atoms. The molecule has 2 saturated heterocycles. The van der Waals surface area contributed by atoms with Gasteiger partial charge in [-0.15, -0.1) is 11.3 Å². The summed E-state index contributed by atoms with van der Waals surface area (Å²) in [7, 11) is -1.22. The van der Waals surface area contributed by atoms with Crippen LogP contribution >= 0.6 is 22.9 Å². The van der Waals surface area contributed by atoms with Crippen molar-refractivity contribution >= 4 is 64.3 Å². The van der Waals surface area contributed by atoms with Crippen molar-refractivity contribution in [2.24, 2.45) is 0 Å². The van der Waals surface area contributed by atoms with E-state index in [1.54, 1.807) is 11.3 Å². The molecule has 12 heteroatoms. The summed E-state index contributed by atoms with van der Waals surface area (Å²) in [5, 5.41) is 13.6. The van der Waals surface area contributed by atoms with Crippen LogP contribution in [0.1, 0.15) is 30.7 Å². The number of benzene rings is 1. The molecule has 5 heterocycles. The van der Waals surface area contributed by atoms with E-state index < -0.39 is 14.2 Å². The highest BCUT2D eigenvalue weighted by atomic mass is 35.5. The number of carboxylic acid groups (broad SMARTS) is 1. The number of halogens is 1. The number of aromatic nitrogens is 4. The van der Waals surface area contributed by atoms with Crippen molar-refractivity contribution in [2.45, 2.75) is 83.1 Å². The molecule has 0 saturated carbocycles. The van der Waals surface area contributed by atoms with Crippen LogP contribution in [0, 0.1) is 6.92 Å². The molecule has 9 nitrogen and oxygen atoms in total. The molecule has 6 rings (SSSR count). The Morgan fingerprint density at radius 2 is 1.95 bits per heavy atom. The van der Waals surface area contributed by atoms with E-state index >= 15 is 0 Å². The lowest BCUT2D eigenvalue weighted by atomic mass is 9.97. The molecule has 2 N–H and O–H groups in total. The van der Waals surface area contributed by atoms with Crippen LogP contribution in [0.15, 0.2) is 24.5 Å². The molecule has 3 aromatic heterocycles. The van der Waals surface area contributed by atoms with Crippen molar-refractivity contribution in [2.75, 3.05) is 11.5 Å². The first kappa shape index (κ1) is 27.4. The normalized spacial score (nSPS) is 21.0. The minimum absolute atomic E-state index is 0.0226. The number of hydrogen-bond donors (Lipinski definition) is 2. The van der Waals surface area contributed by atoms with E-state index in [0.29, 0.717) is 18.4 Å². The van der Waals surface area contributed by atoms with E-state index in [9.17, 15) is 9.90 Å². The van der Waals surface area contributed by atoms with Gasteiger partial charge in [-0.25, -0.2) is 19.7 Å². The fourth-order valence-electron chi connectivity index (χ4n) is 6.12. The molecule has 2 fully saturated rings. The SMILES string of the molecule is Cc1nc2ccc(-c3cn(COCC[Si](C)(C)C)c4nc(N5C6CCC5CC(NC(=O)O)C6)cnc34)c(Cl)c2s1. The standard InChI is InChI=1S/C28H35ClN6O3SSi/c1-16-31-22-8-7-20(24(29)26(22)39-16)21-14-34(15-38-9-10-40(2,3)4)27-25(21)30-13-23(33-27)35-18-5-6-19(35)12-17(11-18)32-28(36)37/h7-8,13-14,17-19,32H,5-6,9-12,15H2,1-4H3,(H,36,37). The number of fused-ring (bicyclic) bond motifs is 4. The molecule has 2 bridgehead atoms. The Hall–Kier alpha value is -2.73. The molecular weight excluding hydrogens is 564 g/mol. The number of ether oxygens (including phenoxy) is 1. The summed E-state index contributed by atoms with van der Waals surface area (Å²) in [6.07, 6.45) is 6.57. The molecule has 2 aliphatic heterocycles. The van der Waals surface area contributed by atoms with Crippen molar-refractivity contribution in [3.05, 3.63) is 34.6 Å². The average molecular weight is 599 g/mol. The third-order valence-corrected chi connectivity index (χ3v) is 11.2. The lowest BCUT2D eigenvalue weighted by Crippen LogP contribution is -2.50. The molecule has 0 radical (unpaired) electrons. The fraction of sp³-hybridized carbons (Fsp3) is 0.500. The third kappa shape index (κ3) is 5.32. The van der Waals surface area contributed by atoms with Crippen LogP contribution in [-0.4, -0.2) is 63.5 Å². The summed E-state index contributed by atoms with van der Waals surface area (Å²) in [5.41, 5.74) is 4.29. The zero-order valence-electron chi connectivity index (χ0n) is 23.3. The van der Waals surface area contributed by atoms with Gasteiger partial charge in [-0.05, 0) is 44.7 Å². The van der Waals surface area contributed by atoms with Gasteiger partial charge in [-0.2, -0.15) is 0 Å². The molecule has 0 aliphatic carbocycles. The second-order valence-corrected chi connectivity index (χ2v) is 19.4. The van der Waals surface area contributed by atoms with Gasteiger partial charge in [0.2, 0.25) is 0 Å². The number of amides is 1. The highest BCUT2D eigenvalue weighted by molar-refractivity contribution is 7.19. The first-order valence-corrected chi connectivity index (χ1v) is 18.7. The van der Waals surface area contributed by atoms with E-state index in [2.05, 4.69) is 41.0 Å². The predicted octanol–water partition coefficient (Wildman–Crippen LogP) is 6.75. The Kier molecular flexibility index (Phi) is 7.26. The maximum atomic E-state index is 11.2. The second-order valence-electron chi connectivity index (χ2n) is 12.2. The molecule has 1 amide bonds. The number of rotatable bonds is 8.